The molecule has 0 spiro atoms. The van der Waals surface area contributed by atoms with Crippen LogP contribution >= 0.6 is 0 Å². The molecule has 0 aromatic heterocycles. The summed E-state index contributed by atoms with van der Waals surface area (Å²) in [6, 6.07) is 14.1. The minimum absolute atomic E-state index is 0.221. The maximum absolute atomic E-state index is 13.8. The summed E-state index contributed by atoms with van der Waals surface area (Å²) in [5.74, 6) is 2.94. The molecule has 0 aliphatic carbocycles. The molecule has 30 heavy (non-hydrogen) atoms. The van der Waals surface area contributed by atoms with Crippen LogP contribution in [0.5, 0.6) is 17.2 Å². The quantitative estimate of drug-likeness (QED) is 0.774. The van der Waals surface area contributed by atoms with Crippen LogP contribution in [0.4, 0.5) is 0 Å². The summed E-state index contributed by atoms with van der Waals surface area (Å²) in [6.45, 7) is 3.00. The second-order valence-corrected chi connectivity index (χ2v) is 8.27. The van der Waals surface area contributed by atoms with Gasteiger partial charge in [0.05, 0.1) is 12.5 Å². The van der Waals surface area contributed by atoms with E-state index in [1.54, 1.807) is 7.11 Å². The summed E-state index contributed by atoms with van der Waals surface area (Å²) in [6.07, 6.45) is 2.38. The Kier molecular flexibility index (Phi) is 5.03. The molecule has 6 nitrogen and oxygen atoms in total. The molecule has 0 bridgehead atoms. The van der Waals surface area contributed by atoms with Gasteiger partial charge < -0.3 is 23.8 Å². The van der Waals surface area contributed by atoms with Crippen molar-refractivity contribution in [2.45, 2.75) is 30.6 Å². The van der Waals surface area contributed by atoms with E-state index in [2.05, 4.69) is 12.1 Å². The maximum atomic E-state index is 13.8. The van der Waals surface area contributed by atoms with Gasteiger partial charge in [0.15, 0.2) is 11.5 Å². The number of carbonyl (C=O) groups is 1. The van der Waals surface area contributed by atoms with E-state index >= 15 is 0 Å². The molecule has 5 rings (SSSR count). The fraction of sp³-hybridized carbons (Fsp3) is 0.458. The van der Waals surface area contributed by atoms with E-state index < -0.39 is 5.41 Å². The molecular formula is C24H27NO5. The van der Waals surface area contributed by atoms with E-state index in [-0.39, 0.29) is 12.7 Å². The van der Waals surface area contributed by atoms with E-state index in [4.69, 9.17) is 18.9 Å². The van der Waals surface area contributed by atoms with Crippen molar-refractivity contribution in [2.75, 3.05) is 40.2 Å². The molecule has 1 atom stereocenters. The third-order valence-electron chi connectivity index (χ3n) is 6.74. The van der Waals surface area contributed by atoms with Gasteiger partial charge in [-0.3, -0.25) is 4.79 Å². The summed E-state index contributed by atoms with van der Waals surface area (Å²) in [4.78, 5) is 15.9. The first-order valence-electron chi connectivity index (χ1n) is 10.6. The lowest BCUT2D eigenvalue weighted by molar-refractivity contribution is -0.140. The highest BCUT2D eigenvalue weighted by Crippen LogP contribution is 2.41. The molecule has 0 radical (unpaired) electrons. The Labute approximate surface area is 176 Å². The van der Waals surface area contributed by atoms with Gasteiger partial charge in [0.25, 0.3) is 0 Å². The lowest BCUT2D eigenvalue weighted by Gasteiger charge is -2.39. The normalized spacial score (nSPS) is 22.2. The molecule has 158 valence electrons. The van der Waals surface area contributed by atoms with Gasteiger partial charge >= 0.3 is 0 Å². The number of fused-ring (bicyclic) bond motifs is 1. The van der Waals surface area contributed by atoms with Gasteiger partial charge in [-0.2, -0.15) is 0 Å². The minimum atomic E-state index is -0.520. The highest BCUT2D eigenvalue weighted by molar-refractivity contribution is 5.89. The molecule has 1 unspecified atom stereocenters. The largest absolute Gasteiger partial charge is 0.497 e. The zero-order valence-electron chi connectivity index (χ0n) is 17.3. The fourth-order valence-corrected chi connectivity index (χ4v) is 4.94. The SMILES string of the molecule is COc1ccc(C2(C(=O)N3CCC(c4ccc5c(c4)OCO5)C3)CCOCC2)cc1. The third-order valence-corrected chi connectivity index (χ3v) is 6.74. The lowest BCUT2D eigenvalue weighted by Crippen LogP contribution is -2.49. The van der Waals surface area contributed by atoms with Crippen LogP contribution in [-0.4, -0.2) is 51.0 Å². The van der Waals surface area contributed by atoms with Gasteiger partial charge in [0.1, 0.15) is 5.75 Å². The van der Waals surface area contributed by atoms with E-state index in [0.717, 1.165) is 42.3 Å². The van der Waals surface area contributed by atoms with Gasteiger partial charge in [0.2, 0.25) is 12.7 Å². The van der Waals surface area contributed by atoms with E-state index in [9.17, 15) is 4.79 Å². The highest BCUT2D eigenvalue weighted by atomic mass is 16.7. The van der Waals surface area contributed by atoms with Crippen molar-refractivity contribution in [2.24, 2.45) is 0 Å². The second kappa shape index (κ2) is 7.84. The zero-order chi connectivity index (χ0) is 20.6. The third kappa shape index (κ3) is 3.29. The smallest absolute Gasteiger partial charge is 0.233 e. The van der Waals surface area contributed by atoms with Crippen molar-refractivity contribution in [1.82, 2.24) is 4.90 Å². The van der Waals surface area contributed by atoms with Crippen molar-refractivity contribution in [3.05, 3.63) is 53.6 Å². The number of hydrogen-bond donors (Lipinski definition) is 0. The minimum Gasteiger partial charge on any atom is -0.497 e. The molecule has 1 amide bonds. The van der Waals surface area contributed by atoms with Crippen molar-refractivity contribution < 1.29 is 23.7 Å². The molecular weight excluding hydrogens is 382 g/mol. The summed E-state index contributed by atoms with van der Waals surface area (Å²) < 4.78 is 21.9. The number of amides is 1. The van der Waals surface area contributed by atoms with Crippen LogP contribution in [0.15, 0.2) is 42.5 Å². The summed E-state index contributed by atoms with van der Waals surface area (Å²) in [5, 5.41) is 0. The highest BCUT2D eigenvalue weighted by Gasteiger charge is 2.45. The Balaban J connectivity index is 1.37. The molecule has 0 N–H and O–H groups in total. The summed E-state index contributed by atoms with van der Waals surface area (Å²) in [5.41, 5.74) is 1.75. The molecule has 3 heterocycles. The molecule has 2 aromatic carbocycles. The zero-order valence-corrected chi connectivity index (χ0v) is 17.3. The number of benzene rings is 2. The number of hydrogen-bond acceptors (Lipinski definition) is 5. The van der Waals surface area contributed by atoms with E-state index in [0.29, 0.717) is 32.0 Å². The Bertz CT molecular complexity index is 920. The predicted octanol–water partition coefficient (Wildman–Crippen LogP) is 3.49. The van der Waals surface area contributed by atoms with Crippen LogP contribution in [0.25, 0.3) is 0 Å². The van der Waals surface area contributed by atoms with Crippen LogP contribution < -0.4 is 14.2 Å². The number of likely N-dealkylation sites (tertiary alicyclic amines) is 1. The molecule has 2 aromatic rings. The second-order valence-electron chi connectivity index (χ2n) is 8.27. The summed E-state index contributed by atoms with van der Waals surface area (Å²) in [7, 11) is 1.66. The Hall–Kier alpha value is -2.73. The van der Waals surface area contributed by atoms with Crippen LogP contribution in [0.1, 0.15) is 36.3 Å². The maximum Gasteiger partial charge on any atom is 0.233 e. The topological polar surface area (TPSA) is 57.2 Å². The van der Waals surface area contributed by atoms with Gasteiger partial charge in [-0.15, -0.1) is 0 Å². The van der Waals surface area contributed by atoms with Crippen molar-refractivity contribution in [3.63, 3.8) is 0 Å². The Morgan fingerprint density at radius 1 is 1.07 bits per heavy atom. The van der Waals surface area contributed by atoms with Gasteiger partial charge in [-0.05, 0) is 54.7 Å². The van der Waals surface area contributed by atoms with Crippen LogP contribution in [-0.2, 0) is 14.9 Å². The van der Waals surface area contributed by atoms with E-state index in [1.807, 2.05) is 35.2 Å². The predicted molar refractivity (Wildman–Crippen MR) is 111 cm³/mol. The van der Waals surface area contributed by atoms with Gasteiger partial charge in [-0.1, -0.05) is 18.2 Å². The van der Waals surface area contributed by atoms with Crippen molar-refractivity contribution in [3.8, 4) is 17.2 Å². The molecule has 3 aliphatic rings. The number of ether oxygens (including phenoxy) is 4. The Morgan fingerprint density at radius 2 is 1.83 bits per heavy atom. The fourth-order valence-electron chi connectivity index (χ4n) is 4.94. The first-order chi connectivity index (χ1) is 14.7. The van der Waals surface area contributed by atoms with Gasteiger partial charge in [-0.25, -0.2) is 0 Å². The van der Waals surface area contributed by atoms with Crippen LogP contribution in [0.2, 0.25) is 0 Å². The first kappa shape index (κ1) is 19.2. The number of nitrogens with zero attached hydrogens (tertiary/aromatic N) is 1. The number of methoxy groups -OCH3 is 1. The monoisotopic (exact) mass is 409 g/mol. The van der Waals surface area contributed by atoms with Crippen LogP contribution in [0.3, 0.4) is 0 Å². The van der Waals surface area contributed by atoms with E-state index in [1.165, 1.54) is 5.56 Å². The Morgan fingerprint density at radius 3 is 2.60 bits per heavy atom. The van der Waals surface area contributed by atoms with Crippen molar-refractivity contribution in [1.29, 1.82) is 0 Å². The van der Waals surface area contributed by atoms with Crippen LogP contribution in [0, 0.1) is 0 Å². The summed E-state index contributed by atoms with van der Waals surface area (Å²) >= 11 is 0. The molecule has 0 saturated carbocycles. The van der Waals surface area contributed by atoms with Gasteiger partial charge in [0, 0.05) is 32.2 Å². The molecule has 6 heteroatoms. The number of rotatable bonds is 4. The average Bonchev–Trinajstić information content (AvgIpc) is 3.48. The lowest BCUT2D eigenvalue weighted by atomic mass is 9.73. The van der Waals surface area contributed by atoms with Crippen molar-refractivity contribution >= 4 is 5.91 Å². The molecule has 2 fully saturated rings. The molecule has 2 saturated heterocycles. The number of carbonyl (C=O) groups excluding carboxylic acids is 1. The average molecular weight is 409 g/mol. The standard InChI is InChI=1S/C24H27NO5/c1-27-20-5-3-19(4-6-20)24(9-12-28-13-10-24)23(26)25-11-8-18(15-25)17-2-7-21-22(14-17)30-16-29-21/h2-7,14,18H,8-13,15-16H2,1H3. The first-order valence-corrected chi connectivity index (χ1v) is 10.6. The molecule has 3 aliphatic heterocycles.